The van der Waals surface area contributed by atoms with Gasteiger partial charge in [0, 0.05) is 18.8 Å². The Morgan fingerprint density at radius 2 is 1.69 bits per heavy atom. The van der Waals surface area contributed by atoms with Gasteiger partial charge in [-0.1, -0.05) is 6.07 Å². The Labute approximate surface area is 213 Å². The number of aromatic nitrogens is 2. The Hall–Kier alpha value is -2.31. The number of halogens is 5. The first-order valence-electron chi connectivity index (χ1n) is 10.4. The summed E-state index contributed by atoms with van der Waals surface area (Å²) in [6.07, 6.45) is -14.2. The fraction of sp³-hybridized carbons (Fsp3) is 0.444. The van der Waals surface area contributed by atoms with Gasteiger partial charge in [-0.15, -0.1) is 0 Å². The monoisotopic (exact) mass is 612 g/mol. The number of ether oxygens (including phenoxy) is 1. The predicted octanol–water partition coefficient (Wildman–Crippen LogP) is 0.395. The van der Waals surface area contributed by atoms with E-state index in [4.69, 9.17) is 14.5 Å². The van der Waals surface area contributed by atoms with E-state index in [1.165, 1.54) is 0 Å². The van der Waals surface area contributed by atoms with E-state index >= 15 is 0 Å². The summed E-state index contributed by atoms with van der Waals surface area (Å²) in [6.45, 7) is -2.05. The highest BCUT2D eigenvalue weighted by atomic mass is 31.3. The Kier molecular flexibility index (Phi) is 9.03. The van der Waals surface area contributed by atoms with Gasteiger partial charge in [0.15, 0.2) is 6.23 Å². The molecule has 1 aromatic heterocycles. The molecule has 14 nitrogen and oxygen atoms in total. The lowest BCUT2D eigenvalue weighted by molar-refractivity contribution is -0.140. The second kappa shape index (κ2) is 11.3. The number of phosphoric acid groups is 2. The van der Waals surface area contributed by atoms with Crippen molar-refractivity contribution in [3.8, 4) is 0 Å². The van der Waals surface area contributed by atoms with Gasteiger partial charge in [0.05, 0.1) is 6.61 Å². The molecule has 5 N–H and O–H groups in total. The second-order valence-corrected chi connectivity index (χ2v) is 10.9. The van der Waals surface area contributed by atoms with Gasteiger partial charge in [-0.3, -0.25) is 18.5 Å². The topological polar surface area (TPSA) is 207 Å². The van der Waals surface area contributed by atoms with Crippen LogP contribution in [0.25, 0.3) is 0 Å². The Morgan fingerprint density at radius 1 is 1.05 bits per heavy atom. The largest absolute Gasteiger partial charge is 0.481 e. The molecule has 218 valence electrons. The molecule has 1 fully saturated rings. The van der Waals surface area contributed by atoms with E-state index < -0.39 is 94.4 Å². The SMILES string of the molecule is O=c1c(C(F)(F)F)cn([C@@H]2O[C@H](COP(=O)(O)OP(=O)(O)O)C(O)C2O)c(=O)n1CCc1ccc(F)cc1F. The first kappa shape index (κ1) is 31.2. The lowest BCUT2D eigenvalue weighted by Crippen LogP contribution is -2.46. The number of rotatable bonds is 9. The van der Waals surface area contributed by atoms with Crippen LogP contribution in [0.1, 0.15) is 17.4 Å². The minimum atomic E-state index is -5.53. The summed E-state index contributed by atoms with van der Waals surface area (Å²) in [6, 6.07) is 2.27. The summed E-state index contributed by atoms with van der Waals surface area (Å²) in [5.74, 6) is -2.05. The molecule has 1 aliphatic heterocycles. The molecule has 2 aromatic rings. The van der Waals surface area contributed by atoms with Gasteiger partial charge in [-0.05, 0) is 18.1 Å². The molecule has 0 bridgehead atoms. The number of aryl methyl sites for hydroxylation is 1. The number of benzene rings is 1. The highest BCUT2D eigenvalue weighted by molar-refractivity contribution is 7.60. The van der Waals surface area contributed by atoms with E-state index in [1.807, 2.05) is 0 Å². The minimum absolute atomic E-state index is 0.00266. The third-order valence-corrected chi connectivity index (χ3v) is 7.50. The van der Waals surface area contributed by atoms with Gasteiger partial charge < -0.3 is 29.6 Å². The zero-order valence-electron chi connectivity index (χ0n) is 19.0. The van der Waals surface area contributed by atoms with Crippen molar-refractivity contribution < 1.29 is 69.5 Å². The fourth-order valence-corrected chi connectivity index (χ4v) is 5.17. The average Bonchev–Trinajstić information content (AvgIpc) is 3.05. The van der Waals surface area contributed by atoms with Crippen molar-refractivity contribution in [2.45, 2.75) is 43.7 Å². The summed E-state index contributed by atoms with van der Waals surface area (Å²) < 4.78 is 103. The summed E-state index contributed by atoms with van der Waals surface area (Å²) >= 11 is 0. The van der Waals surface area contributed by atoms with E-state index in [2.05, 4.69) is 8.83 Å². The van der Waals surface area contributed by atoms with Gasteiger partial charge in [-0.25, -0.2) is 22.7 Å². The van der Waals surface area contributed by atoms with Crippen LogP contribution < -0.4 is 11.2 Å². The maximum atomic E-state index is 14.0. The normalized spacial score (nSPS) is 23.6. The third kappa shape index (κ3) is 7.46. The van der Waals surface area contributed by atoms with Crippen LogP contribution in [0.15, 0.2) is 34.0 Å². The van der Waals surface area contributed by atoms with Crippen LogP contribution in [0.2, 0.25) is 0 Å². The number of hydrogen-bond acceptors (Lipinski definition) is 9. The second-order valence-electron chi connectivity index (χ2n) is 8.06. The molecule has 0 radical (unpaired) electrons. The van der Waals surface area contributed by atoms with Crippen LogP contribution in [0.4, 0.5) is 22.0 Å². The zero-order chi connectivity index (χ0) is 29.5. The Balaban J connectivity index is 1.94. The van der Waals surface area contributed by atoms with E-state index in [-0.39, 0.29) is 20.9 Å². The molecule has 3 rings (SSSR count). The molecular formula is C18H19F5N2O12P2. The highest BCUT2D eigenvalue weighted by Gasteiger charge is 2.47. The van der Waals surface area contributed by atoms with Crippen molar-refractivity contribution in [1.29, 1.82) is 0 Å². The number of aliphatic hydroxyl groups is 2. The molecule has 1 saturated heterocycles. The third-order valence-electron chi connectivity index (χ3n) is 5.34. The van der Waals surface area contributed by atoms with Crippen LogP contribution in [0.3, 0.4) is 0 Å². The van der Waals surface area contributed by atoms with Crippen molar-refractivity contribution >= 4 is 15.6 Å². The van der Waals surface area contributed by atoms with Gasteiger partial charge >= 0.3 is 27.5 Å². The maximum Gasteiger partial charge on any atom is 0.481 e. The molecule has 0 amide bonds. The summed E-state index contributed by atoms with van der Waals surface area (Å²) in [5.41, 5.74) is -5.51. The fourth-order valence-electron chi connectivity index (χ4n) is 3.57. The first-order valence-corrected chi connectivity index (χ1v) is 13.5. The van der Waals surface area contributed by atoms with Crippen LogP contribution in [-0.2, 0) is 41.8 Å². The summed E-state index contributed by atoms with van der Waals surface area (Å²) in [4.78, 5) is 52.0. The molecular weight excluding hydrogens is 593 g/mol. The van der Waals surface area contributed by atoms with Crippen LogP contribution in [0, 0.1) is 11.6 Å². The van der Waals surface area contributed by atoms with Gasteiger partial charge in [-0.2, -0.15) is 17.5 Å². The average molecular weight is 612 g/mol. The molecule has 2 heterocycles. The van der Waals surface area contributed by atoms with E-state index in [0.29, 0.717) is 6.07 Å². The summed E-state index contributed by atoms with van der Waals surface area (Å²) in [7, 11) is -11.0. The molecule has 0 spiro atoms. The Morgan fingerprint density at radius 3 is 2.26 bits per heavy atom. The van der Waals surface area contributed by atoms with Crippen molar-refractivity contribution in [3.63, 3.8) is 0 Å². The molecule has 3 unspecified atom stereocenters. The van der Waals surface area contributed by atoms with Crippen LogP contribution in [0.5, 0.6) is 0 Å². The van der Waals surface area contributed by atoms with Crippen LogP contribution >= 0.6 is 15.6 Å². The Bertz CT molecular complexity index is 1440. The van der Waals surface area contributed by atoms with Gasteiger partial charge in [0.25, 0.3) is 5.56 Å². The molecule has 0 saturated carbocycles. The van der Waals surface area contributed by atoms with Crippen molar-refractivity contribution in [3.05, 3.63) is 68.0 Å². The molecule has 5 atom stereocenters. The molecule has 0 aliphatic carbocycles. The maximum absolute atomic E-state index is 14.0. The number of aliphatic hydroxyl groups excluding tert-OH is 2. The molecule has 21 heteroatoms. The quantitative estimate of drug-likeness (QED) is 0.193. The van der Waals surface area contributed by atoms with E-state index in [9.17, 15) is 55.8 Å². The molecule has 39 heavy (non-hydrogen) atoms. The van der Waals surface area contributed by atoms with Crippen molar-refractivity contribution in [1.82, 2.24) is 9.13 Å². The summed E-state index contributed by atoms with van der Waals surface area (Å²) in [5, 5.41) is 20.5. The lowest BCUT2D eigenvalue weighted by Gasteiger charge is -2.21. The minimum Gasteiger partial charge on any atom is -0.387 e. The number of phosphoric ester groups is 1. The number of nitrogens with zero attached hydrogens (tertiary/aromatic N) is 2. The van der Waals surface area contributed by atoms with Crippen molar-refractivity contribution in [2.75, 3.05) is 6.61 Å². The number of hydrogen-bond donors (Lipinski definition) is 5. The number of alkyl halides is 3. The first-order chi connectivity index (χ1) is 17.8. The lowest BCUT2D eigenvalue weighted by atomic mass is 10.1. The van der Waals surface area contributed by atoms with Gasteiger partial charge in [0.2, 0.25) is 0 Å². The van der Waals surface area contributed by atoms with E-state index in [0.717, 1.165) is 12.1 Å². The smallest absolute Gasteiger partial charge is 0.387 e. The highest BCUT2D eigenvalue weighted by Crippen LogP contribution is 2.57. The van der Waals surface area contributed by atoms with Crippen LogP contribution in [-0.4, -0.2) is 58.9 Å². The predicted molar refractivity (Wildman–Crippen MR) is 115 cm³/mol. The molecule has 1 aromatic carbocycles. The van der Waals surface area contributed by atoms with Gasteiger partial charge in [0.1, 0.15) is 35.5 Å². The van der Waals surface area contributed by atoms with Crippen molar-refractivity contribution in [2.24, 2.45) is 0 Å². The van der Waals surface area contributed by atoms with E-state index in [1.54, 1.807) is 0 Å². The zero-order valence-corrected chi connectivity index (χ0v) is 20.8. The molecule has 1 aliphatic rings. The standard InChI is InChI=1S/C18H19F5N2O12P2/c19-9-2-1-8(11(20)5-9)3-4-24-15(28)10(18(21,22)23)6-25(17(24)29)16-14(27)13(26)12(36-16)7-35-39(33,34)37-38(30,31)32/h1-2,5-6,12-14,16,26-27H,3-4,7H2,(H,33,34)(H2,30,31,32)/t12-,13?,14?,16-/m1/s1.